The van der Waals surface area contributed by atoms with Crippen molar-refractivity contribution in [3.8, 4) is 0 Å². The van der Waals surface area contributed by atoms with Gasteiger partial charge in [0.25, 0.3) is 0 Å². The van der Waals surface area contributed by atoms with Gasteiger partial charge < -0.3 is 10.6 Å². The van der Waals surface area contributed by atoms with E-state index in [2.05, 4.69) is 29.0 Å². The largest absolute Gasteiger partial charge is 0.310 e. The average molecular weight is 221 g/mol. The minimum absolute atomic E-state index is 0.588. The predicted octanol–water partition coefficient (Wildman–Crippen LogP) is 0.982. The first kappa shape index (κ1) is 10.8. The van der Waals surface area contributed by atoms with Crippen LogP contribution in [0.15, 0.2) is 11.6 Å². The Kier molecular flexibility index (Phi) is 3.01. The first-order valence-corrected chi connectivity index (χ1v) is 6.74. The van der Waals surface area contributed by atoms with E-state index in [9.17, 15) is 0 Å². The van der Waals surface area contributed by atoms with Crippen molar-refractivity contribution >= 4 is 0 Å². The van der Waals surface area contributed by atoms with Crippen molar-refractivity contribution in [2.45, 2.75) is 50.9 Å². The lowest BCUT2D eigenvalue weighted by Gasteiger charge is -2.26. The van der Waals surface area contributed by atoms with Crippen molar-refractivity contribution < 1.29 is 0 Å². The Bertz CT molecular complexity index is 273. The lowest BCUT2D eigenvalue weighted by atomic mass is 9.90. The summed E-state index contributed by atoms with van der Waals surface area (Å²) in [4.78, 5) is 0. The van der Waals surface area contributed by atoms with Crippen molar-refractivity contribution in [1.29, 1.82) is 0 Å². The first-order valence-electron chi connectivity index (χ1n) is 6.74. The van der Waals surface area contributed by atoms with E-state index < -0.39 is 0 Å². The predicted molar refractivity (Wildman–Crippen MR) is 66.2 cm³/mol. The maximum absolute atomic E-state index is 3.78. The summed E-state index contributed by atoms with van der Waals surface area (Å²) in [5.41, 5.74) is 1.64. The molecule has 0 aromatic rings. The lowest BCUT2D eigenvalue weighted by molar-refractivity contribution is 0.300. The molecule has 0 aliphatic carbocycles. The molecule has 3 heterocycles. The molecule has 3 heteroatoms. The lowest BCUT2D eigenvalue weighted by Crippen LogP contribution is -2.47. The number of piperidine rings is 1. The van der Waals surface area contributed by atoms with Gasteiger partial charge in [0.2, 0.25) is 0 Å². The van der Waals surface area contributed by atoms with E-state index >= 15 is 0 Å². The monoisotopic (exact) mass is 221 g/mol. The number of fused-ring (bicyclic) bond motifs is 1. The van der Waals surface area contributed by atoms with E-state index in [1.807, 2.05) is 0 Å². The van der Waals surface area contributed by atoms with Crippen molar-refractivity contribution in [2.24, 2.45) is 5.92 Å². The van der Waals surface area contributed by atoms with Crippen LogP contribution in [-0.4, -0.2) is 31.3 Å². The highest BCUT2D eigenvalue weighted by atomic mass is 15.2. The van der Waals surface area contributed by atoms with Gasteiger partial charge in [-0.1, -0.05) is 11.6 Å². The number of hydrogen-bond donors (Lipinski definition) is 3. The standard InChI is InChI=1S/C13H23N3/c1-9-7-10(4-6-14-9)12-8-11-3-2-5-15-13(11)16-12/h4,9,11-16H,2-3,5-8H2,1H3/t9-,11?,12?,13?/m0/s1. The van der Waals surface area contributed by atoms with Crippen LogP contribution in [0.25, 0.3) is 0 Å². The number of rotatable bonds is 1. The summed E-state index contributed by atoms with van der Waals surface area (Å²) in [6, 6.07) is 1.29. The van der Waals surface area contributed by atoms with E-state index in [4.69, 9.17) is 0 Å². The molecule has 4 atom stereocenters. The Labute approximate surface area is 98.1 Å². The Morgan fingerprint density at radius 3 is 3.06 bits per heavy atom. The minimum atomic E-state index is 0.588. The summed E-state index contributed by atoms with van der Waals surface area (Å²) in [7, 11) is 0. The fourth-order valence-corrected chi connectivity index (χ4v) is 3.43. The van der Waals surface area contributed by atoms with Gasteiger partial charge in [-0.05, 0) is 45.1 Å². The molecule has 16 heavy (non-hydrogen) atoms. The van der Waals surface area contributed by atoms with Crippen LogP contribution in [0.1, 0.15) is 32.6 Å². The van der Waals surface area contributed by atoms with E-state index in [1.165, 1.54) is 32.2 Å². The van der Waals surface area contributed by atoms with Gasteiger partial charge >= 0.3 is 0 Å². The van der Waals surface area contributed by atoms with E-state index in [0.717, 1.165) is 12.5 Å². The second kappa shape index (κ2) is 4.47. The molecule has 3 rings (SSSR count). The van der Waals surface area contributed by atoms with Gasteiger partial charge in [0, 0.05) is 18.6 Å². The molecule has 3 nitrogen and oxygen atoms in total. The molecular formula is C13H23N3. The van der Waals surface area contributed by atoms with Crippen molar-refractivity contribution in [3.63, 3.8) is 0 Å². The molecule has 3 aliphatic rings. The smallest absolute Gasteiger partial charge is 0.0606 e. The Balaban J connectivity index is 1.66. The molecular weight excluding hydrogens is 198 g/mol. The second-order valence-corrected chi connectivity index (χ2v) is 5.58. The highest BCUT2D eigenvalue weighted by Gasteiger charge is 2.36. The molecule has 0 radical (unpaired) electrons. The average Bonchev–Trinajstić information content (AvgIpc) is 2.72. The Morgan fingerprint density at radius 2 is 2.25 bits per heavy atom. The molecule has 3 unspecified atom stereocenters. The SMILES string of the molecule is C[C@H]1CC(C2CC3CCCNC3N2)=CCN1. The maximum atomic E-state index is 3.78. The van der Waals surface area contributed by atoms with Crippen LogP contribution in [0, 0.1) is 5.92 Å². The quantitative estimate of drug-likeness (QED) is 0.578. The molecule has 0 spiro atoms. The van der Waals surface area contributed by atoms with Crippen LogP contribution >= 0.6 is 0 Å². The van der Waals surface area contributed by atoms with Crippen LogP contribution in [0.4, 0.5) is 0 Å². The van der Waals surface area contributed by atoms with Crippen LogP contribution in [-0.2, 0) is 0 Å². The van der Waals surface area contributed by atoms with Crippen LogP contribution in [0.2, 0.25) is 0 Å². The van der Waals surface area contributed by atoms with Crippen molar-refractivity contribution in [2.75, 3.05) is 13.1 Å². The van der Waals surface area contributed by atoms with Gasteiger partial charge in [-0.3, -0.25) is 5.32 Å². The molecule has 0 bridgehead atoms. The normalized spacial score (nSPS) is 43.9. The summed E-state index contributed by atoms with van der Waals surface area (Å²) < 4.78 is 0. The van der Waals surface area contributed by atoms with Gasteiger partial charge in [-0.2, -0.15) is 0 Å². The summed E-state index contributed by atoms with van der Waals surface area (Å²) in [6.07, 6.45) is 8.31. The zero-order valence-electron chi connectivity index (χ0n) is 10.1. The third-order valence-corrected chi connectivity index (χ3v) is 4.33. The molecule has 3 aliphatic heterocycles. The van der Waals surface area contributed by atoms with E-state index in [1.54, 1.807) is 5.57 Å². The molecule has 2 fully saturated rings. The minimum Gasteiger partial charge on any atom is -0.310 e. The van der Waals surface area contributed by atoms with E-state index in [-0.39, 0.29) is 0 Å². The first-order chi connectivity index (χ1) is 7.83. The van der Waals surface area contributed by atoms with Gasteiger partial charge in [0.05, 0.1) is 6.17 Å². The summed E-state index contributed by atoms with van der Waals surface area (Å²) >= 11 is 0. The van der Waals surface area contributed by atoms with Crippen LogP contribution in [0.3, 0.4) is 0 Å². The molecule has 0 amide bonds. The second-order valence-electron chi connectivity index (χ2n) is 5.58. The summed E-state index contributed by atoms with van der Waals surface area (Å²) in [5, 5.41) is 10.9. The maximum Gasteiger partial charge on any atom is 0.0606 e. The molecule has 3 N–H and O–H groups in total. The zero-order valence-corrected chi connectivity index (χ0v) is 10.1. The summed E-state index contributed by atoms with van der Waals surface area (Å²) in [6.45, 7) is 4.53. The molecule has 2 saturated heterocycles. The van der Waals surface area contributed by atoms with Gasteiger partial charge in [-0.25, -0.2) is 0 Å². The molecule has 0 saturated carbocycles. The van der Waals surface area contributed by atoms with E-state index in [0.29, 0.717) is 18.2 Å². The topological polar surface area (TPSA) is 36.1 Å². The third kappa shape index (κ3) is 2.04. The summed E-state index contributed by atoms with van der Waals surface area (Å²) in [5.74, 6) is 0.866. The van der Waals surface area contributed by atoms with Crippen molar-refractivity contribution in [1.82, 2.24) is 16.0 Å². The molecule has 0 aromatic heterocycles. The molecule has 90 valence electrons. The Hall–Kier alpha value is -0.380. The fourth-order valence-electron chi connectivity index (χ4n) is 3.43. The zero-order chi connectivity index (χ0) is 11.0. The van der Waals surface area contributed by atoms with Crippen LogP contribution in [0.5, 0.6) is 0 Å². The van der Waals surface area contributed by atoms with Gasteiger partial charge in [-0.15, -0.1) is 0 Å². The highest BCUT2D eigenvalue weighted by Crippen LogP contribution is 2.31. The van der Waals surface area contributed by atoms with Crippen LogP contribution < -0.4 is 16.0 Å². The molecule has 0 aromatic carbocycles. The fraction of sp³-hybridized carbons (Fsp3) is 0.846. The number of hydrogen-bond acceptors (Lipinski definition) is 3. The van der Waals surface area contributed by atoms with Crippen molar-refractivity contribution in [3.05, 3.63) is 11.6 Å². The Morgan fingerprint density at radius 1 is 1.31 bits per heavy atom. The van der Waals surface area contributed by atoms with Gasteiger partial charge in [0.15, 0.2) is 0 Å². The third-order valence-electron chi connectivity index (χ3n) is 4.33. The highest BCUT2D eigenvalue weighted by molar-refractivity contribution is 5.19. The van der Waals surface area contributed by atoms with Gasteiger partial charge in [0.1, 0.15) is 0 Å². The number of nitrogens with one attached hydrogen (secondary N) is 3.